The van der Waals surface area contributed by atoms with Crippen molar-refractivity contribution >= 4 is 17.2 Å². The van der Waals surface area contributed by atoms with Gasteiger partial charge in [0, 0.05) is 36.4 Å². The molecule has 0 saturated heterocycles. The maximum absolute atomic E-state index is 12.2. The number of hydrogen-bond acceptors (Lipinski definition) is 3. The Morgan fingerprint density at radius 2 is 1.86 bits per heavy atom. The van der Waals surface area contributed by atoms with Crippen molar-refractivity contribution in [1.29, 1.82) is 0 Å². The molecule has 2 aliphatic carbocycles. The monoisotopic (exact) mass is 383 g/mol. The van der Waals surface area contributed by atoms with Gasteiger partial charge in [-0.25, -0.2) is 0 Å². The zero-order chi connectivity index (χ0) is 19.9. The smallest absolute Gasteiger partial charge is 0.159 e. The molecule has 2 aromatic rings. The topological polar surface area (TPSA) is 38.3 Å². The Balaban J connectivity index is 1.48. The Morgan fingerprint density at radius 3 is 2.83 bits per heavy atom. The standard InChI is InChI=1S/C26H25NO2/c28-23-16-15-21-11-6-7-14-25(21)26(18-23)29-24-13-8-12-22(17-24)27-19-20-9-4-2-1-3-5-10-20/h1-4,6-9,11-14,17-18,27H,5,10,15-16,19H2/b3-1+,4-2-,20-9+. The van der Waals surface area contributed by atoms with E-state index in [9.17, 15) is 4.79 Å². The third-order valence-electron chi connectivity index (χ3n) is 5.12. The molecule has 0 spiro atoms. The molecule has 4 rings (SSSR count). The summed E-state index contributed by atoms with van der Waals surface area (Å²) >= 11 is 0. The molecule has 0 unspecified atom stereocenters. The molecule has 146 valence electrons. The number of benzene rings is 2. The summed E-state index contributed by atoms with van der Waals surface area (Å²) in [4.78, 5) is 12.2. The van der Waals surface area contributed by atoms with Crippen molar-refractivity contribution in [3.05, 3.63) is 102 Å². The van der Waals surface area contributed by atoms with E-state index in [4.69, 9.17) is 4.74 Å². The van der Waals surface area contributed by atoms with Gasteiger partial charge in [-0.05, 0) is 37.0 Å². The largest absolute Gasteiger partial charge is 0.457 e. The zero-order valence-electron chi connectivity index (χ0n) is 16.4. The number of ether oxygens (including phenoxy) is 1. The van der Waals surface area contributed by atoms with E-state index >= 15 is 0 Å². The molecule has 3 nitrogen and oxygen atoms in total. The lowest BCUT2D eigenvalue weighted by Crippen LogP contribution is -2.05. The van der Waals surface area contributed by atoms with Crippen molar-refractivity contribution < 1.29 is 9.53 Å². The molecule has 2 aromatic carbocycles. The highest BCUT2D eigenvalue weighted by molar-refractivity contribution is 5.97. The van der Waals surface area contributed by atoms with Gasteiger partial charge in [0.2, 0.25) is 0 Å². The van der Waals surface area contributed by atoms with Gasteiger partial charge in [-0.1, -0.05) is 66.3 Å². The van der Waals surface area contributed by atoms with Crippen molar-refractivity contribution in [3.8, 4) is 5.75 Å². The fraction of sp³-hybridized carbons (Fsp3) is 0.192. The molecule has 0 aromatic heterocycles. The minimum Gasteiger partial charge on any atom is -0.457 e. The number of ketones is 1. The van der Waals surface area contributed by atoms with Crippen LogP contribution in [0.5, 0.6) is 5.75 Å². The van der Waals surface area contributed by atoms with E-state index in [1.165, 1.54) is 5.57 Å². The van der Waals surface area contributed by atoms with Crippen LogP contribution in [0.1, 0.15) is 30.4 Å². The lowest BCUT2D eigenvalue weighted by Gasteiger charge is -2.14. The van der Waals surface area contributed by atoms with E-state index in [0.29, 0.717) is 12.2 Å². The molecular formula is C26H25NO2. The summed E-state index contributed by atoms with van der Waals surface area (Å²) < 4.78 is 6.17. The van der Waals surface area contributed by atoms with E-state index in [1.54, 1.807) is 6.08 Å². The number of anilines is 1. The molecule has 0 aliphatic heterocycles. The van der Waals surface area contributed by atoms with Crippen LogP contribution in [0.25, 0.3) is 5.76 Å². The van der Waals surface area contributed by atoms with E-state index in [2.05, 4.69) is 41.8 Å². The third kappa shape index (κ3) is 5.14. The molecule has 29 heavy (non-hydrogen) atoms. The second-order valence-corrected chi connectivity index (χ2v) is 7.29. The maximum Gasteiger partial charge on any atom is 0.159 e. The van der Waals surface area contributed by atoms with Crippen LogP contribution in [0.4, 0.5) is 5.69 Å². The first-order chi connectivity index (χ1) is 14.3. The summed E-state index contributed by atoms with van der Waals surface area (Å²) in [6, 6.07) is 16.0. The van der Waals surface area contributed by atoms with Crippen LogP contribution in [0.15, 0.2) is 90.6 Å². The summed E-state index contributed by atoms with van der Waals surface area (Å²) in [6.45, 7) is 0.797. The number of rotatable bonds is 5. The van der Waals surface area contributed by atoms with Crippen molar-refractivity contribution in [2.24, 2.45) is 0 Å². The fourth-order valence-electron chi connectivity index (χ4n) is 3.56. The highest BCUT2D eigenvalue weighted by atomic mass is 16.5. The van der Waals surface area contributed by atoms with E-state index in [-0.39, 0.29) is 5.78 Å². The second-order valence-electron chi connectivity index (χ2n) is 7.29. The average Bonchev–Trinajstić information content (AvgIpc) is 2.87. The zero-order valence-corrected chi connectivity index (χ0v) is 16.4. The van der Waals surface area contributed by atoms with Gasteiger partial charge in [-0.3, -0.25) is 4.79 Å². The number of nitrogens with one attached hydrogen (secondary N) is 1. The predicted molar refractivity (Wildman–Crippen MR) is 119 cm³/mol. The van der Waals surface area contributed by atoms with Crippen LogP contribution in [0.3, 0.4) is 0 Å². The molecular weight excluding hydrogens is 358 g/mol. The molecule has 0 fully saturated rings. The molecule has 0 atom stereocenters. The highest BCUT2D eigenvalue weighted by Crippen LogP contribution is 2.28. The van der Waals surface area contributed by atoms with Gasteiger partial charge in [-0.2, -0.15) is 0 Å². The van der Waals surface area contributed by atoms with Gasteiger partial charge in [0.05, 0.1) is 0 Å². The first-order valence-corrected chi connectivity index (χ1v) is 10.1. The van der Waals surface area contributed by atoms with Gasteiger partial charge in [0.1, 0.15) is 11.5 Å². The van der Waals surface area contributed by atoms with Gasteiger partial charge in [0.25, 0.3) is 0 Å². The molecule has 3 heteroatoms. The molecule has 0 heterocycles. The van der Waals surface area contributed by atoms with Gasteiger partial charge in [-0.15, -0.1) is 0 Å². The SMILES string of the molecule is O=C1C=C(Oc2cccc(NC/C3=C/C=C\C=C\CC3)c2)c2ccccc2CC1. The average molecular weight is 383 g/mol. The Hall–Kier alpha value is -3.33. The normalized spacial score (nSPS) is 20.1. The maximum atomic E-state index is 12.2. The third-order valence-corrected chi connectivity index (χ3v) is 5.12. The Labute approximate surface area is 172 Å². The van der Waals surface area contributed by atoms with Gasteiger partial charge in [0.15, 0.2) is 5.78 Å². The van der Waals surface area contributed by atoms with Crippen molar-refractivity contribution in [2.45, 2.75) is 25.7 Å². The van der Waals surface area contributed by atoms with Crippen LogP contribution < -0.4 is 10.1 Å². The summed E-state index contributed by atoms with van der Waals surface area (Å²) in [5, 5.41) is 3.49. The minimum absolute atomic E-state index is 0.101. The quantitative estimate of drug-likeness (QED) is 0.702. The van der Waals surface area contributed by atoms with Crippen LogP contribution in [0, 0.1) is 0 Å². The van der Waals surface area contributed by atoms with Crippen LogP contribution in [-0.4, -0.2) is 12.3 Å². The number of aryl methyl sites for hydroxylation is 1. The van der Waals surface area contributed by atoms with Crippen LogP contribution in [0.2, 0.25) is 0 Å². The second kappa shape index (κ2) is 9.24. The summed E-state index contributed by atoms with van der Waals surface area (Å²) in [7, 11) is 0. The predicted octanol–water partition coefficient (Wildman–Crippen LogP) is 5.87. The number of carbonyl (C=O) groups excluding carboxylic acids is 1. The first-order valence-electron chi connectivity index (χ1n) is 10.1. The van der Waals surface area contributed by atoms with E-state index in [1.807, 2.05) is 42.5 Å². The van der Waals surface area contributed by atoms with Crippen molar-refractivity contribution in [2.75, 3.05) is 11.9 Å². The van der Waals surface area contributed by atoms with Gasteiger partial charge < -0.3 is 10.1 Å². The van der Waals surface area contributed by atoms with E-state index < -0.39 is 0 Å². The summed E-state index contributed by atoms with van der Waals surface area (Å²) in [6.07, 6.45) is 15.6. The van der Waals surface area contributed by atoms with Crippen LogP contribution in [-0.2, 0) is 11.2 Å². The molecule has 0 radical (unpaired) electrons. The molecule has 1 N–H and O–H groups in total. The summed E-state index contributed by atoms with van der Waals surface area (Å²) in [5.74, 6) is 1.45. The lowest BCUT2D eigenvalue weighted by molar-refractivity contribution is -0.114. The molecule has 2 aliphatic rings. The van der Waals surface area contributed by atoms with Crippen molar-refractivity contribution in [1.82, 2.24) is 0 Å². The van der Waals surface area contributed by atoms with Gasteiger partial charge >= 0.3 is 0 Å². The Morgan fingerprint density at radius 1 is 0.931 bits per heavy atom. The van der Waals surface area contributed by atoms with Crippen LogP contribution >= 0.6 is 0 Å². The number of hydrogen-bond donors (Lipinski definition) is 1. The number of allylic oxidation sites excluding steroid dienone is 6. The molecule has 0 saturated carbocycles. The molecule has 0 amide bonds. The fourth-order valence-corrected chi connectivity index (χ4v) is 3.56. The number of fused-ring (bicyclic) bond motifs is 1. The van der Waals surface area contributed by atoms with E-state index in [0.717, 1.165) is 48.4 Å². The lowest BCUT2D eigenvalue weighted by atomic mass is 10.0. The first kappa shape index (κ1) is 19.0. The highest BCUT2D eigenvalue weighted by Gasteiger charge is 2.16. The Bertz CT molecular complexity index is 1010. The minimum atomic E-state index is 0.101. The number of carbonyl (C=O) groups is 1. The van der Waals surface area contributed by atoms with Crippen molar-refractivity contribution in [3.63, 3.8) is 0 Å². The summed E-state index contributed by atoms with van der Waals surface area (Å²) in [5.41, 5.74) is 4.51. The molecule has 0 bridgehead atoms. The Kier molecular flexibility index (Phi) is 6.06.